The van der Waals surface area contributed by atoms with Crippen molar-refractivity contribution in [2.24, 2.45) is 4.99 Å². The van der Waals surface area contributed by atoms with Crippen molar-refractivity contribution in [3.63, 3.8) is 0 Å². The molecule has 3 aromatic rings. The maximum absolute atomic E-state index is 6.51. The van der Waals surface area contributed by atoms with E-state index in [0.717, 1.165) is 37.0 Å². The summed E-state index contributed by atoms with van der Waals surface area (Å²) in [6.07, 6.45) is 3.81. The molecule has 0 amide bonds. The first-order chi connectivity index (χ1) is 13.7. The van der Waals surface area contributed by atoms with E-state index in [1.165, 1.54) is 5.56 Å². The maximum Gasteiger partial charge on any atom is 0.118 e. The zero-order valence-electron chi connectivity index (χ0n) is 15.2. The van der Waals surface area contributed by atoms with Gasteiger partial charge in [-0.1, -0.05) is 53.5 Å². The fraction of sp³-hybridized carbons (Fsp3) is 0.238. The second-order valence-corrected chi connectivity index (χ2v) is 7.76. The number of amidine groups is 1. The molecule has 0 saturated heterocycles. The van der Waals surface area contributed by atoms with Gasteiger partial charge < -0.3 is 9.47 Å². The van der Waals surface area contributed by atoms with Gasteiger partial charge in [0.2, 0.25) is 0 Å². The standard InChI is InChI=1S/C21H20Cl2N4S/c22-16-6-7-19(18(23)12-16)27-11-9-25-21(27)17(15-4-2-1-3-5-15)13-26-10-8-24-20(26)14-28/h1-8,10,12,17,28H,9,11,13-14H2. The molecule has 144 valence electrons. The van der Waals surface area contributed by atoms with Crippen molar-refractivity contribution < 1.29 is 0 Å². The average molecular weight is 431 g/mol. The first-order valence-electron chi connectivity index (χ1n) is 9.10. The second kappa shape index (κ2) is 8.60. The highest BCUT2D eigenvalue weighted by molar-refractivity contribution is 7.79. The van der Waals surface area contributed by atoms with Gasteiger partial charge in [0.15, 0.2) is 0 Å². The molecule has 4 rings (SSSR count). The third-order valence-electron chi connectivity index (χ3n) is 4.91. The molecule has 0 spiro atoms. The summed E-state index contributed by atoms with van der Waals surface area (Å²) in [5.74, 6) is 2.62. The smallest absolute Gasteiger partial charge is 0.118 e. The molecule has 28 heavy (non-hydrogen) atoms. The lowest BCUT2D eigenvalue weighted by atomic mass is 9.96. The lowest BCUT2D eigenvalue weighted by molar-refractivity contribution is 0.634. The molecule has 1 aliphatic heterocycles. The van der Waals surface area contributed by atoms with E-state index in [9.17, 15) is 0 Å². The van der Waals surface area contributed by atoms with Crippen molar-refractivity contribution in [2.75, 3.05) is 18.0 Å². The Morgan fingerprint density at radius 1 is 1.11 bits per heavy atom. The van der Waals surface area contributed by atoms with Gasteiger partial charge in [-0.25, -0.2) is 4.98 Å². The zero-order chi connectivity index (χ0) is 19.5. The van der Waals surface area contributed by atoms with Gasteiger partial charge in [-0.05, 0) is 23.8 Å². The Balaban J connectivity index is 1.73. The van der Waals surface area contributed by atoms with Crippen LogP contribution in [0.25, 0.3) is 0 Å². The minimum Gasteiger partial charge on any atom is -0.333 e. The van der Waals surface area contributed by atoms with Crippen LogP contribution in [0.4, 0.5) is 5.69 Å². The molecular formula is C21H20Cl2N4S. The summed E-state index contributed by atoms with van der Waals surface area (Å²) in [5, 5.41) is 1.26. The molecule has 4 nitrogen and oxygen atoms in total. The van der Waals surface area contributed by atoms with Crippen molar-refractivity contribution in [1.29, 1.82) is 0 Å². The Hall–Kier alpha value is -1.95. The second-order valence-electron chi connectivity index (χ2n) is 6.60. The summed E-state index contributed by atoms with van der Waals surface area (Å²) in [6.45, 7) is 2.27. The topological polar surface area (TPSA) is 33.4 Å². The number of imidazole rings is 1. The summed E-state index contributed by atoms with van der Waals surface area (Å²) in [4.78, 5) is 11.5. The normalized spacial score (nSPS) is 15.0. The Bertz CT molecular complexity index is 987. The minimum absolute atomic E-state index is 0.0725. The third kappa shape index (κ3) is 3.93. The largest absolute Gasteiger partial charge is 0.333 e. The number of halogens is 2. The maximum atomic E-state index is 6.51. The highest BCUT2D eigenvalue weighted by Crippen LogP contribution is 2.34. The van der Waals surface area contributed by atoms with E-state index in [-0.39, 0.29) is 5.92 Å². The highest BCUT2D eigenvalue weighted by atomic mass is 35.5. The zero-order valence-corrected chi connectivity index (χ0v) is 17.6. The molecular weight excluding hydrogens is 411 g/mol. The van der Waals surface area contributed by atoms with Crippen LogP contribution in [-0.2, 0) is 12.3 Å². The quantitative estimate of drug-likeness (QED) is 0.536. The third-order valence-corrected chi connectivity index (χ3v) is 5.73. The predicted molar refractivity (Wildman–Crippen MR) is 120 cm³/mol. The Kier molecular flexibility index (Phi) is 5.95. The van der Waals surface area contributed by atoms with E-state index in [2.05, 4.69) is 51.3 Å². The van der Waals surface area contributed by atoms with Gasteiger partial charge in [-0.15, -0.1) is 0 Å². The Morgan fingerprint density at radius 2 is 1.93 bits per heavy atom. The number of nitrogens with zero attached hydrogens (tertiary/aromatic N) is 4. The van der Waals surface area contributed by atoms with Gasteiger partial charge in [0.1, 0.15) is 11.7 Å². The average Bonchev–Trinajstić information content (AvgIpc) is 3.36. The van der Waals surface area contributed by atoms with Gasteiger partial charge >= 0.3 is 0 Å². The van der Waals surface area contributed by atoms with Crippen LogP contribution in [0.2, 0.25) is 10.0 Å². The first-order valence-corrected chi connectivity index (χ1v) is 10.5. The summed E-state index contributed by atoms with van der Waals surface area (Å²) in [5.41, 5.74) is 2.14. The van der Waals surface area contributed by atoms with Crippen molar-refractivity contribution in [2.45, 2.75) is 18.2 Å². The number of aromatic nitrogens is 2. The Morgan fingerprint density at radius 3 is 2.68 bits per heavy atom. The number of hydrogen-bond donors (Lipinski definition) is 1. The molecule has 1 unspecified atom stereocenters. The summed E-state index contributed by atoms with van der Waals surface area (Å²) < 4.78 is 2.15. The number of aliphatic imine (C=N–C) groups is 1. The fourth-order valence-electron chi connectivity index (χ4n) is 3.58. The van der Waals surface area contributed by atoms with E-state index in [4.69, 9.17) is 28.2 Å². The molecule has 0 N–H and O–H groups in total. The number of rotatable bonds is 6. The van der Waals surface area contributed by atoms with Crippen molar-refractivity contribution >= 4 is 47.4 Å². The monoisotopic (exact) mass is 430 g/mol. The highest BCUT2D eigenvalue weighted by Gasteiger charge is 2.29. The van der Waals surface area contributed by atoms with E-state index in [1.54, 1.807) is 6.07 Å². The summed E-state index contributed by atoms with van der Waals surface area (Å²) in [7, 11) is 0. The van der Waals surface area contributed by atoms with Crippen LogP contribution < -0.4 is 4.90 Å². The minimum atomic E-state index is 0.0725. The van der Waals surface area contributed by atoms with Crippen LogP contribution >= 0.6 is 35.8 Å². The first kappa shape index (κ1) is 19.4. The molecule has 2 aromatic carbocycles. The molecule has 0 aliphatic carbocycles. The molecule has 0 bridgehead atoms. The lowest BCUT2D eigenvalue weighted by Crippen LogP contribution is -2.34. The van der Waals surface area contributed by atoms with Crippen LogP contribution in [-0.4, -0.2) is 28.5 Å². The SMILES string of the molecule is SCc1nccn1CC(C1=NCCN1c1ccc(Cl)cc1Cl)c1ccccc1. The van der Waals surface area contributed by atoms with Gasteiger partial charge in [-0.2, -0.15) is 12.6 Å². The van der Waals surface area contributed by atoms with Crippen LogP contribution in [0.1, 0.15) is 17.3 Å². The van der Waals surface area contributed by atoms with Gasteiger partial charge in [0, 0.05) is 36.3 Å². The molecule has 0 saturated carbocycles. The molecule has 1 aliphatic rings. The van der Waals surface area contributed by atoms with Crippen LogP contribution in [0, 0.1) is 0 Å². The summed E-state index contributed by atoms with van der Waals surface area (Å²) in [6, 6.07) is 16.0. The van der Waals surface area contributed by atoms with E-state index in [0.29, 0.717) is 15.8 Å². The van der Waals surface area contributed by atoms with Crippen LogP contribution in [0.3, 0.4) is 0 Å². The predicted octanol–water partition coefficient (Wildman–Crippen LogP) is 5.32. The van der Waals surface area contributed by atoms with Crippen molar-refractivity contribution in [1.82, 2.24) is 9.55 Å². The van der Waals surface area contributed by atoms with Crippen LogP contribution in [0.5, 0.6) is 0 Å². The van der Waals surface area contributed by atoms with Gasteiger partial charge in [-0.3, -0.25) is 4.99 Å². The van der Waals surface area contributed by atoms with Gasteiger partial charge in [0.25, 0.3) is 0 Å². The summed E-state index contributed by atoms with van der Waals surface area (Å²) >= 11 is 17.0. The van der Waals surface area contributed by atoms with Crippen molar-refractivity contribution in [3.8, 4) is 0 Å². The number of anilines is 1. The molecule has 1 aromatic heterocycles. The number of benzene rings is 2. The van der Waals surface area contributed by atoms with Crippen molar-refractivity contribution in [3.05, 3.63) is 82.4 Å². The van der Waals surface area contributed by atoms with E-state index < -0.39 is 0 Å². The van der Waals surface area contributed by atoms with Gasteiger partial charge in [0.05, 0.1) is 23.2 Å². The number of thiol groups is 1. The molecule has 2 heterocycles. The van der Waals surface area contributed by atoms with Crippen LogP contribution in [0.15, 0.2) is 65.9 Å². The molecule has 0 radical (unpaired) electrons. The molecule has 0 fully saturated rings. The Labute approximate surface area is 180 Å². The number of hydrogen-bond acceptors (Lipinski definition) is 4. The fourth-order valence-corrected chi connectivity index (χ4v) is 4.36. The van der Waals surface area contributed by atoms with E-state index >= 15 is 0 Å². The molecule has 1 atom stereocenters. The van der Waals surface area contributed by atoms with E-state index in [1.807, 2.05) is 30.6 Å². The lowest BCUT2D eigenvalue weighted by Gasteiger charge is -2.28. The molecule has 7 heteroatoms.